The summed E-state index contributed by atoms with van der Waals surface area (Å²) in [5, 5.41) is 9.17. The van der Waals surface area contributed by atoms with Crippen LogP contribution in [0.4, 0.5) is 0 Å². The van der Waals surface area contributed by atoms with Crippen molar-refractivity contribution in [3.8, 4) is 28.6 Å². The molecule has 100 valence electrons. The van der Waals surface area contributed by atoms with E-state index in [1.54, 1.807) is 55.0 Å². The van der Waals surface area contributed by atoms with Crippen molar-refractivity contribution in [1.82, 2.24) is 15.0 Å². The Morgan fingerprint density at radius 1 is 1.05 bits per heavy atom. The van der Waals surface area contributed by atoms with Crippen LogP contribution in [-0.2, 0) is 0 Å². The van der Waals surface area contributed by atoms with Gasteiger partial charge in [-0.1, -0.05) is 18.2 Å². The highest BCUT2D eigenvalue weighted by Gasteiger charge is 2.10. The van der Waals surface area contributed by atoms with Gasteiger partial charge in [-0.05, 0) is 18.2 Å². The molecular formula is C16H10N4O. The lowest BCUT2D eigenvalue weighted by atomic mass is 10.0. The molecule has 0 atom stereocenters. The maximum Gasteiger partial charge on any atom is 0.255 e. The molecule has 0 aliphatic rings. The highest BCUT2D eigenvalue weighted by molar-refractivity contribution is 5.73. The van der Waals surface area contributed by atoms with Crippen molar-refractivity contribution >= 4 is 0 Å². The maximum atomic E-state index is 12.1. The molecule has 0 aliphatic carbocycles. The third-order valence-electron chi connectivity index (χ3n) is 3.06. The molecule has 0 unspecified atom stereocenters. The summed E-state index contributed by atoms with van der Waals surface area (Å²) in [6.45, 7) is 0. The molecular weight excluding hydrogens is 264 g/mol. The summed E-state index contributed by atoms with van der Waals surface area (Å²) in [7, 11) is 0. The molecule has 0 saturated carbocycles. The molecule has 3 rings (SSSR count). The van der Waals surface area contributed by atoms with E-state index in [1.807, 2.05) is 0 Å². The number of nitrogens with zero attached hydrogens (tertiary/aromatic N) is 3. The Morgan fingerprint density at radius 2 is 1.81 bits per heavy atom. The number of pyridine rings is 1. The Kier molecular flexibility index (Phi) is 3.27. The van der Waals surface area contributed by atoms with E-state index in [2.05, 4.69) is 21.0 Å². The van der Waals surface area contributed by atoms with Crippen molar-refractivity contribution in [2.45, 2.75) is 0 Å². The number of nitrogens with one attached hydrogen (secondary N) is 1. The number of H-pyrrole nitrogens is 1. The predicted molar refractivity (Wildman–Crippen MR) is 78.2 cm³/mol. The monoisotopic (exact) mass is 274 g/mol. The Labute approximate surface area is 120 Å². The summed E-state index contributed by atoms with van der Waals surface area (Å²) in [6.07, 6.45) is 4.84. The fourth-order valence-electron chi connectivity index (χ4n) is 2.08. The number of aromatic amines is 1. The molecule has 0 aliphatic heterocycles. The van der Waals surface area contributed by atoms with Gasteiger partial charge in [-0.15, -0.1) is 0 Å². The molecule has 0 saturated heterocycles. The Hall–Kier alpha value is -3.26. The van der Waals surface area contributed by atoms with Crippen LogP contribution in [0.25, 0.3) is 22.5 Å². The molecule has 3 aromatic rings. The van der Waals surface area contributed by atoms with Crippen LogP contribution in [0.1, 0.15) is 5.56 Å². The SMILES string of the molecule is N#Cc1ccccc1-c1cc(-c2ncccn2)c[nH]c1=O. The van der Waals surface area contributed by atoms with Gasteiger partial charge in [-0.25, -0.2) is 9.97 Å². The van der Waals surface area contributed by atoms with Crippen LogP contribution in [0.5, 0.6) is 0 Å². The second kappa shape index (κ2) is 5.39. The van der Waals surface area contributed by atoms with Gasteiger partial charge in [0.05, 0.1) is 11.6 Å². The topological polar surface area (TPSA) is 82.4 Å². The molecule has 0 radical (unpaired) electrons. The van der Waals surface area contributed by atoms with Crippen LogP contribution >= 0.6 is 0 Å². The molecule has 5 nitrogen and oxygen atoms in total. The normalized spacial score (nSPS) is 10.0. The lowest BCUT2D eigenvalue weighted by Crippen LogP contribution is -2.09. The van der Waals surface area contributed by atoms with E-state index in [9.17, 15) is 10.1 Å². The van der Waals surface area contributed by atoms with Crippen molar-refractivity contribution in [2.24, 2.45) is 0 Å². The predicted octanol–water partition coefficient (Wildman–Crippen LogP) is 2.37. The lowest BCUT2D eigenvalue weighted by Gasteiger charge is -2.05. The zero-order valence-corrected chi connectivity index (χ0v) is 10.9. The van der Waals surface area contributed by atoms with E-state index in [-0.39, 0.29) is 5.56 Å². The highest BCUT2D eigenvalue weighted by atomic mass is 16.1. The first-order valence-corrected chi connectivity index (χ1v) is 6.29. The molecule has 0 bridgehead atoms. The largest absolute Gasteiger partial charge is 0.328 e. The zero-order chi connectivity index (χ0) is 14.7. The van der Waals surface area contributed by atoms with Gasteiger partial charge in [0, 0.05) is 35.3 Å². The summed E-state index contributed by atoms with van der Waals surface area (Å²) in [4.78, 5) is 23.1. The standard InChI is InChI=1S/C16H10N4O/c17-9-11-4-1-2-5-13(11)14-8-12(10-20-16(14)21)15-18-6-3-7-19-15/h1-8,10H,(H,20,21). The molecule has 0 fully saturated rings. The van der Waals surface area contributed by atoms with Crippen LogP contribution in [0.15, 0.2) is 59.8 Å². The molecule has 2 aromatic heterocycles. The van der Waals surface area contributed by atoms with Gasteiger partial charge >= 0.3 is 0 Å². The van der Waals surface area contributed by atoms with Gasteiger partial charge in [-0.3, -0.25) is 4.79 Å². The summed E-state index contributed by atoms with van der Waals surface area (Å²) in [6, 6.07) is 12.5. The van der Waals surface area contributed by atoms with E-state index in [0.29, 0.717) is 28.1 Å². The van der Waals surface area contributed by atoms with E-state index < -0.39 is 0 Å². The van der Waals surface area contributed by atoms with E-state index >= 15 is 0 Å². The Morgan fingerprint density at radius 3 is 2.57 bits per heavy atom. The Balaban J connectivity index is 2.20. The van der Waals surface area contributed by atoms with Gasteiger partial charge in [0.1, 0.15) is 0 Å². The van der Waals surface area contributed by atoms with E-state index in [1.165, 1.54) is 0 Å². The second-order valence-corrected chi connectivity index (χ2v) is 4.36. The summed E-state index contributed by atoms with van der Waals surface area (Å²) in [5.74, 6) is 0.518. The molecule has 1 N–H and O–H groups in total. The second-order valence-electron chi connectivity index (χ2n) is 4.36. The van der Waals surface area contributed by atoms with E-state index in [0.717, 1.165) is 0 Å². The van der Waals surface area contributed by atoms with Crippen LogP contribution in [0.2, 0.25) is 0 Å². The van der Waals surface area contributed by atoms with Crippen LogP contribution in [0, 0.1) is 11.3 Å². The maximum absolute atomic E-state index is 12.1. The smallest absolute Gasteiger partial charge is 0.255 e. The average molecular weight is 274 g/mol. The lowest BCUT2D eigenvalue weighted by molar-refractivity contribution is 1.15. The van der Waals surface area contributed by atoms with Crippen molar-refractivity contribution in [3.63, 3.8) is 0 Å². The minimum absolute atomic E-state index is 0.252. The van der Waals surface area contributed by atoms with Gasteiger partial charge in [0.25, 0.3) is 5.56 Å². The van der Waals surface area contributed by atoms with E-state index in [4.69, 9.17) is 0 Å². The number of nitriles is 1. The van der Waals surface area contributed by atoms with Crippen LogP contribution < -0.4 is 5.56 Å². The fraction of sp³-hybridized carbons (Fsp3) is 0. The fourth-order valence-corrected chi connectivity index (χ4v) is 2.08. The summed E-state index contributed by atoms with van der Waals surface area (Å²) < 4.78 is 0. The number of rotatable bonds is 2. The first-order chi connectivity index (χ1) is 10.3. The molecule has 5 heteroatoms. The minimum Gasteiger partial charge on any atom is -0.328 e. The van der Waals surface area contributed by atoms with Gasteiger partial charge in [0.2, 0.25) is 0 Å². The summed E-state index contributed by atoms with van der Waals surface area (Å²) in [5.41, 5.74) is 1.92. The van der Waals surface area contributed by atoms with Crippen LogP contribution in [-0.4, -0.2) is 15.0 Å². The Bertz CT molecular complexity index is 879. The molecule has 0 amide bonds. The van der Waals surface area contributed by atoms with Crippen molar-refractivity contribution in [1.29, 1.82) is 5.26 Å². The van der Waals surface area contributed by atoms with Crippen molar-refractivity contribution in [2.75, 3.05) is 0 Å². The highest BCUT2D eigenvalue weighted by Crippen LogP contribution is 2.23. The summed E-state index contributed by atoms with van der Waals surface area (Å²) >= 11 is 0. The number of aromatic nitrogens is 3. The molecule has 2 heterocycles. The van der Waals surface area contributed by atoms with Gasteiger partial charge < -0.3 is 4.98 Å². The van der Waals surface area contributed by atoms with Gasteiger partial charge in [-0.2, -0.15) is 5.26 Å². The zero-order valence-electron chi connectivity index (χ0n) is 10.9. The van der Waals surface area contributed by atoms with Crippen molar-refractivity contribution in [3.05, 3.63) is 70.9 Å². The quantitative estimate of drug-likeness (QED) is 0.777. The number of hydrogen-bond donors (Lipinski definition) is 1. The first-order valence-electron chi connectivity index (χ1n) is 6.29. The van der Waals surface area contributed by atoms with Crippen molar-refractivity contribution < 1.29 is 0 Å². The third kappa shape index (κ3) is 2.42. The number of hydrogen-bond acceptors (Lipinski definition) is 4. The average Bonchev–Trinajstić information content (AvgIpc) is 2.56. The van der Waals surface area contributed by atoms with Crippen LogP contribution in [0.3, 0.4) is 0 Å². The minimum atomic E-state index is -0.252. The third-order valence-corrected chi connectivity index (χ3v) is 3.06. The molecule has 1 aromatic carbocycles. The molecule has 0 spiro atoms. The van der Waals surface area contributed by atoms with Gasteiger partial charge in [0.15, 0.2) is 5.82 Å². The first kappa shape index (κ1) is 12.8. The number of benzene rings is 1. The molecule has 21 heavy (non-hydrogen) atoms.